The monoisotopic (exact) mass is 409 g/mol. The molecule has 1 amide bonds. The van der Waals surface area contributed by atoms with Crippen molar-refractivity contribution in [3.63, 3.8) is 0 Å². The van der Waals surface area contributed by atoms with Crippen LogP contribution in [0.1, 0.15) is 47.8 Å². The van der Waals surface area contributed by atoms with Crippen LogP contribution in [0.3, 0.4) is 0 Å². The van der Waals surface area contributed by atoms with Crippen LogP contribution in [0.15, 0.2) is 64.3 Å². The minimum Gasteiger partial charge on any atom is -0.329 e. The maximum Gasteiger partial charge on any atom is 0.225 e. The number of hydrogen-bond donors (Lipinski definition) is 1. The summed E-state index contributed by atoms with van der Waals surface area (Å²) in [4.78, 5) is 25.3. The molecule has 0 bridgehead atoms. The smallest absolute Gasteiger partial charge is 0.225 e. The Kier molecular flexibility index (Phi) is 4.53. The normalized spacial score (nSPS) is 22.8. The van der Waals surface area contributed by atoms with Crippen molar-refractivity contribution < 1.29 is 9.59 Å². The Labute approximate surface area is 161 Å². The molecule has 1 heterocycles. The zero-order chi connectivity index (χ0) is 18.3. The summed E-state index contributed by atoms with van der Waals surface area (Å²) in [6, 6.07) is 16.3. The number of allylic oxidation sites excluding steroid dienone is 2. The molecule has 1 aliphatic carbocycles. The van der Waals surface area contributed by atoms with Crippen molar-refractivity contribution in [1.82, 2.24) is 5.32 Å². The molecule has 0 saturated heterocycles. The Morgan fingerprint density at radius 3 is 2.23 bits per heavy atom. The van der Waals surface area contributed by atoms with E-state index in [1.165, 1.54) is 5.56 Å². The molecule has 2 aliphatic rings. The lowest BCUT2D eigenvalue weighted by molar-refractivity contribution is -0.122. The number of halogens is 1. The maximum absolute atomic E-state index is 13.0. The highest BCUT2D eigenvalue weighted by atomic mass is 79.9. The lowest BCUT2D eigenvalue weighted by Gasteiger charge is -2.34. The second-order valence-corrected chi connectivity index (χ2v) is 8.10. The SMILES string of the molecule is Cc1ccc(C2CC(=O)C3=C(C2)NC(=O)CC3c2ccc(Br)cc2)cc1. The highest BCUT2D eigenvalue weighted by molar-refractivity contribution is 9.10. The number of Topliss-reactive ketones (excluding diaryl/α,β-unsaturated/α-hetero) is 1. The third kappa shape index (κ3) is 3.26. The molecule has 26 heavy (non-hydrogen) atoms. The van der Waals surface area contributed by atoms with Crippen molar-refractivity contribution in [2.75, 3.05) is 0 Å². The van der Waals surface area contributed by atoms with Gasteiger partial charge in [-0.25, -0.2) is 0 Å². The van der Waals surface area contributed by atoms with Gasteiger partial charge < -0.3 is 5.32 Å². The maximum atomic E-state index is 13.0. The number of hydrogen-bond acceptors (Lipinski definition) is 2. The highest BCUT2D eigenvalue weighted by Crippen LogP contribution is 2.42. The fraction of sp³-hybridized carbons (Fsp3) is 0.273. The summed E-state index contributed by atoms with van der Waals surface area (Å²) in [6.45, 7) is 2.06. The number of carbonyl (C=O) groups is 2. The van der Waals surface area contributed by atoms with E-state index in [9.17, 15) is 9.59 Å². The first-order chi connectivity index (χ1) is 12.5. The molecular weight excluding hydrogens is 390 g/mol. The van der Waals surface area contributed by atoms with Gasteiger partial charge in [0.05, 0.1) is 0 Å². The van der Waals surface area contributed by atoms with Gasteiger partial charge in [0, 0.05) is 34.5 Å². The topological polar surface area (TPSA) is 46.2 Å². The first kappa shape index (κ1) is 17.2. The molecule has 0 spiro atoms. The molecule has 4 rings (SSSR count). The van der Waals surface area contributed by atoms with Crippen molar-refractivity contribution in [3.8, 4) is 0 Å². The molecule has 0 aromatic heterocycles. The average Bonchev–Trinajstić information content (AvgIpc) is 2.62. The van der Waals surface area contributed by atoms with Gasteiger partial charge in [0.15, 0.2) is 5.78 Å². The Balaban J connectivity index is 1.70. The standard InChI is InChI=1S/C22H20BrNO2/c1-13-2-4-14(5-3-13)16-10-19-22(20(25)11-16)18(12-21(26)24-19)15-6-8-17(23)9-7-15/h2-9,16,18H,10-12H2,1H3,(H,24,26). The molecule has 132 valence electrons. The summed E-state index contributed by atoms with van der Waals surface area (Å²) >= 11 is 3.44. The molecule has 2 aromatic carbocycles. The van der Waals surface area contributed by atoms with Gasteiger partial charge in [-0.1, -0.05) is 57.9 Å². The fourth-order valence-corrected chi connectivity index (χ4v) is 4.28. The van der Waals surface area contributed by atoms with E-state index in [2.05, 4.69) is 52.4 Å². The van der Waals surface area contributed by atoms with E-state index in [4.69, 9.17) is 0 Å². The van der Waals surface area contributed by atoms with Crippen LogP contribution in [0.2, 0.25) is 0 Å². The lowest BCUT2D eigenvalue weighted by atomic mass is 9.73. The number of aryl methyl sites for hydroxylation is 1. The average molecular weight is 410 g/mol. The summed E-state index contributed by atoms with van der Waals surface area (Å²) in [5.41, 5.74) is 5.01. The molecule has 0 saturated carbocycles. The summed E-state index contributed by atoms with van der Waals surface area (Å²) in [5, 5.41) is 2.98. The quantitative estimate of drug-likeness (QED) is 0.776. The van der Waals surface area contributed by atoms with Crippen molar-refractivity contribution in [1.29, 1.82) is 0 Å². The molecule has 0 radical (unpaired) electrons. The molecule has 2 atom stereocenters. The van der Waals surface area contributed by atoms with E-state index < -0.39 is 0 Å². The van der Waals surface area contributed by atoms with Crippen LogP contribution in [0.25, 0.3) is 0 Å². The second-order valence-electron chi connectivity index (χ2n) is 7.19. The number of carbonyl (C=O) groups excluding carboxylic acids is 2. The van der Waals surface area contributed by atoms with E-state index in [1.807, 2.05) is 24.3 Å². The Morgan fingerprint density at radius 2 is 1.54 bits per heavy atom. The van der Waals surface area contributed by atoms with Gasteiger partial charge in [-0.15, -0.1) is 0 Å². The third-order valence-corrected chi connectivity index (χ3v) is 5.89. The van der Waals surface area contributed by atoms with Crippen LogP contribution in [-0.4, -0.2) is 11.7 Å². The van der Waals surface area contributed by atoms with Crippen LogP contribution in [0.5, 0.6) is 0 Å². The molecule has 4 heteroatoms. The summed E-state index contributed by atoms with van der Waals surface area (Å²) in [6.07, 6.45) is 1.55. The molecule has 2 unspecified atom stereocenters. The molecule has 1 N–H and O–H groups in total. The predicted molar refractivity (Wildman–Crippen MR) is 105 cm³/mol. The van der Waals surface area contributed by atoms with Crippen molar-refractivity contribution in [2.24, 2.45) is 0 Å². The number of rotatable bonds is 2. The van der Waals surface area contributed by atoms with Gasteiger partial charge in [-0.2, -0.15) is 0 Å². The first-order valence-electron chi connectivity index (χ1n) is 8.89. The number of amides is 1. The van der Waals surface area contributed by atoms with E-state index in [-0.39, 0.29) is 23.5 Å². The fourth-order valence-electron chi connectivity index (χ4n) is 4.01. The number of ketones is 1. The van der Waals surface area contributed by atoms with Gasteiger partial charge in [-0.3, -0.25) is 9.59 Å². The highest BCUT2D eigenvalue weighted by Gasteiger charge is 2.38. The van der Waals surface area contributed by atoms with Gasteiger partial charge >= 0.3 is 0 Å². The summed E-state index contributed by atoms with van der Waals surface area (Å²) < 4.78 is 0.991. The van der Waals surface area contributed by atoms with Gasteiger partial charge in [0.1, 0.15) is 0 Å². The van der Waals surface area contributed by atoms with E-state index in [1.54, 1.807) is 0 Å². The minimum absolute atomic E-state index is 0.00553. The van der Waals surface area contributed by atoms with Crippen molar-refractivity contribution in [3.05, 3.63) is 81.0 Å². The molecule has 2 aromatic rings. The zero-order valence-electron chi connectivity index (χ0n) is 14.6. The molecular formula is C22H20BrNO2. The Bertz CT molecular complexity index is 897. The second kappa shape index (κ2) is 6.84. The van der Waals surface area contributed by atoms with Crippen LogP contribution in [-0.2, 0) is 9.59 Å². The van der Waals surface area contributed by atoms with Gasteiger partial charge in [-0.05, 0) is 42.5 Å². The van der Waals surface area contributed by atoms with Gasteiger partial charge in [0.2, 0.25) is 5.91 Å². The lowest BCUT2D eigenvalue weighted by Crippen LogP contribution is -2.38. The van der Waals surface area contributed by atoms with Gasteiger partial charge in [0.25, 0.3) is 0 Å². The molecule has 3 nitrogen and oxygen atoms in total. The minimum atomic E-state index is -0.140. The van der Waals surface area contributed by atoms with E-state index in [0.717, 1.165) is 26.9 Å². The Hall–Kier alpha value is -2.20. The first-order valence-corrected chi connectivity index (χ1v) is 9.68. The van der Waals surface area contributed by atoms with Crippen molar-refractivity contribution >= 4 is 27.6 Å². The zero-order valence-corrected chi connectivity index (χ0v) is 16.2. The largest absolute Gasteiger partial charge is 0.329 e. The van der Waals surface area contributed by atoms with E-state index in [0.29, 0.717) is 19.3 Å². The van der Waals surface area contributed by atoms with Crippen LogP contribution in [0.4, 0.5) is 0 Å². The van der Waals surface area contributed by atoms with Crippen molar-refractivity contribution in [2.45, 2.75) is 38.0 Å². The van der Waals surface area contributed by atoms with Crippen LogP contribution >= 0.6 is 15.9 Å². The van der Waals surface area contributed by atoms with Crippen LogP contribution in [0, 0.1) is 6.92 Å². The number of benzene rings is 2. The number of nitrogens with one attached hydrogen (secondary N) is 1. The third-order valence-electron chi connectivity index (χ3n) is 5.36. The summed E-state index contributed by atoms with van der Waals surface area (Å²) in [5.74, 6) is 0.142. The van der Waals surface area contributed by atoms with E-state index >= 15 is 0 Å². The molecule has 1 aliphatic heterocycles. The molecule has 0 fully saturated rings. The Morgan fingerprint density at radius 1 is 0.885 bits per heavy atom. The predicted octanol–water partition coefficient (Wildman–Crippen LogP) is 4.76. The summed E-state index contributed by atoms with van der Waals surface area (Å²) in [7, 11) is 0. The van der Waals surface area contributed by atoms with Crippen LogP contribution < -0.4 is 5.32 Å².